The van der Waals surface area contributed by atoms with Crippen LogP contribution in [0.15, 0.2) is 12.0 Å². The first-order valence-electron chi connectivity index (χ1n) is 4.50. The minimum absolute atomic E-state index is 0.341. The van der Waals surface area contributed by atoms with E-state index in [1.807, 2.05) is 11.2 Å². The van der Waals surface area contributed by atoms with Crippen LogP contribution < -0.4 is 5.32 Å². The van der Waals surface area contributed by atoms with Crippen molar-refractivity contribution in [1.29, 1.82) is 0 Å². The molecule has 0 aromatic rings. The molecule has 1 aliphatic rings. The summed E-state index contributed by atoms with van der Waals surface area (Å²) < 4.78 is 0. The van der Waals surface area contributed by atoms with Crippen molar-refractivity contribution in [1.82, 2.24) is 10.2 Å². The summed E-state index contributed by atoms with van der Waals surface area (Å²) in [5.74, 6) is 1.62. The second kappa shape index (κ2) is 5.09. The summed E-state index contributed by atoms with van der Waals surface area (Å²) in [5.41, 5.74) is 0. The first-order valence-corrected chi connectivity index (χ1v) is 5.89. The molecule has 0 bridgehead atoms. The molecule has 0 spiro atoms. The first kappa shape index (κ1) is 11.2. The number of nitrogens with zero attached hydrogens (tertiary/aromatic N) is 2. The molecule has 1 saturated heterocycles. The van der Waals surface area contributed by atoms with E-state index in [0.29, 0.717) is 11.9 Å². The van der Waals surface area contributed by atoms with Crippen molar-refractivity contribution in [2.75, 3.05) is 25.1 Å². The molecule has 1 heterocycles. The van der Waals surface area contributed by atoms with Crippen molar-refractivity contribution in [2.24, 2.45) is 0 Å². The van der Waals surface area contributed by atoms with Gasteiger partial charge < -0.3 is 10.2 Å². The monoisotopic (exact) mass is 217 g/mol. The van der Waals surface area contributed by atoms with Crippen molar-refractivity contribution >= 4 is 11.8 Å². The quantitative estimate of drug-likeness (QED) is 0.555. The highest BCUT2D eigenvalue weighted by Gasteiger charge is 2.25. The van der Waals surface area contributed by atoms with Crippen LogP contribution in [0.3, 0.4) is 0 Å². The maximum Gasteiger partial charge on any atom is 0.274 e. The molecule has 1 N–H and O–H groups in total. The molecule has 0 radical (unpaired) electrons. The maximum absolute atomic E-state index is 10.3. The molecule has 0 aliphatic carbocycles. The van der Waals surface area contributed by atoms with Crippen molar-refractivity contribution in [3.63, 3.8) is 0 Å². The summed E-state index contributed by atoms with van der Waals surface area (Å²) in [4.78, 5) is 12.0. The zero-order chi connectivity index (χ0) is 10.6. The van der Waals surface area contributed by atoms with Crippen LogP contribution in [-0.4, -0.2) is 41.0 Å². The molecule has 14 heavy (non-hydrogen) atoms. The van der Waals surface area contributed by atoms with Gasteiger partial charge in [-0.1, -0.05) is 0 Å². The van der Waals surface area contributed by atoms with Crippen molar-refractivity contribution in [3.8, 4) is 0 Å². The second-order valence-electron chi connectivity index (χ2n) is 3.22. The fourth-order valence-corrected chi connectivity index (χ4v) is 1.83. The minimum atomic E-state index is -0.410. The lowest BCUT2D eigenvalue weighted by molar-refractivity contribution is -0.404. The third-order valence-corrected chi connectivity index (χ3v) is 2.77. The molecule has 0 saturated carbocycles. The summed E-state index contributed by atoms with van der Waals surface area (Å²) >= 11 is 1.74. The molecule has 1 unspecified atom stereocenters. The van der Waals surface area contributed by atoms with Gasteiger partial charge in [-0.25, -0.2) is 0 Å². The fraction of sp³-hybridized carbons (Fsp3) is 0.750. The molecule has 80 valence electrons. The second-order valence-corrected chi connectivity index (χ2v) is 4.20. The number of rotatable bonds is 4. The van der Waals surface area contributed by atoms with Gasteiger partial charge in [-0.15, -0.1) is 0 Å². The lowest BCUT2D eigenvalue weighted by Crippen LogP contribution is -2.29. The zero-order valence-electron chi connectivity index (χ0n) is 8.40. The van der Waals surface area contributed by atoms with Gasteiger partial charge in [0, 0.05) is 24.9 Å². The van der Waals surface area contributed by atoms with Crippen LogP contribution in [0.2, 0.25) is 0 Å². The van der Waals surface area contributed by atoms with E-state index in [1.165, 1.54) is 0 Å². The molecule has 5 nitrogen and oxygen atoms in total. The van der Waals surface area contributed by atoms with Crippen LogP contribution in [0.1, 0.15) is 6.92 Å². The number of nitro groups is 1. The molecule has 0 aromatic heterocycles. The number of nitrogens with one attached hydrogen (secondary N) is 1. The van der Waals surface area contributed by atoms with Gasteiger partial charge in [0.2, 0.25) is 0 Å². The normalized spacial score (nSPS) is 24.0. The Morgan fingerprint density at radius 1 is 1.86 bits per heavy atom. The highest BCUT2D eigenvalue weighted by atomic mass is 32.2. The van der Waals surface area contributed by atoms with E-state index >= 15 is 0 Å². The van der Waals surface area contributed by atoms with Crippen LogP contribution >= 0.6 is 11.8 Å². The van der Waals surface area contributed by atoms with Crippen LogP contribution in [-0.2, 0) is 0 Å². The van der Waals surface area contributed by atoms with Crippen LogP contribution in [0, 0.1) is 10.1 Å². The van der Waals surface area contributed by atoms with Gasteiger partial charge in [0.15, 0.2) is 5.82 Å². The van der Waals surface area contributed by atoms with Crippen molar-refractivity contribution < 1.29 is 4.92 Å². The topological polar surface area (TPSA) is 58.4 Å². The van der Waals surface area contributed by atoms with E-state index in [0.717, 1.165) is 25.0 Å². The molecule has 1 atom stereocenters. The maximum atomic E-state index is 10.3. The predicted octanol–water partition coefficient (Wildman–Crippen LogP) is 0.719. The number of hydrogen-bond donors (Lipinski definition) is 1. The predicted molar refractivity (Wildman–Crippen MR) is 57.6 cm³/mol. The van der Waals surface area contributed by atoms with E-state index in [-0.39, 0.29) is 0 Å². The van der Waals surface area contributed by atoms with Gasteiger partial charge in [-0.05, 0) is 13.2 Å². The Bertz CT molecular complexity index is 245. The highest BCUT2D eigenvalue weighted by Crippen LogP contribution is 2.14. The molecular weight excluding hydrogens is 202 g/mol. The average molecular weight is 217 g/mol. The summed E-state index contributed by atoms with van der Waals surface area (Å²) in [7, 11) is 0. The summed E-state index contributed by atoms with van der Waals surface area (Å²) in [5, 5.41) is 13.4. The third-order valence-electron chi connectivity index (χ3n) is 2.18. The molecule has 1 rings (SSSR count). The van der Waals surface area contributed by atoms with E-state index in [1.54, 1.807) is 11.8 Å². The largest absolute Gasteiger partial charge is 0.365 e. The molecule has 0 aromatic carbocycles. The Kier molecular flexibility index (Phi) is 4.06. The molecule has 1 aliphatic heterocycles. The molecule has 0 amide bonds. The Balaban J connectivity index is 2.61. The molecule has 1 fully saturated rings. The van der Waals surface area contributed by atoms with Crippen LogP contribution in [0.4, 0.5) is 0 Å². The minimum Gasteiger partial charge on any atom is -0.365 e. The summed E-state index contributed by atoms with van der Waals surface area (Å²) in [6.45, 7) is 3.71. The average Bonchev–Trinajstić information content (AvgIpc) is 2.44. The van der Waals surface area contributed by atoms with Crippen molar-refractivity contribution in [3.05, 3.63) is 22.1 Å². The fourth-order valence-electron chi connectivity index (χ4n) is 1.45. The number of hydrogen-bond acceptors (Lipinski definition) is 5. The van der Waals surface area contributed by atoms with E-state index in [9.17, 15) is 10.1 Å². The van der Waals surface area contributed by atoms with Gasteiger partial charge in [-0.3, -0.25) is 10.1 Å². The van der Waals surface area contributed by atoms with Gasteiger partial charge in [0.1, 0.15) is 0 Å². The van der Waals surface area contributed by atoms with Gasteiger partial charge in [0.05, 0.1) is 4.92 Å². The zero-order valence-corrected chi connectivity index (χ0v) is 9.21. The van der Waals surface area contributed by atoms with Gasteiger partial charge in [0.25, 0.3) is 6.20 Å². The highest BCUT2D eigenvalue weighted by molar-refractivity contribution is 7.98. The number of thioether (sulfide) groups is 1. The summed E-state index contributed by atoms with van der Waals surface area (Å²) in [6, 6.07) is 0.341. The van der Waals surface area contributed by atoms with Gasteiger partial charge >= 0.3 is 0 Å². The SMILES string of the molecule is CSCCN1/C(=C/[N+](=O)[O-])NCC1C. The van der Waals surface area contributed by atoms with E-state index in [2.05, 4.69) is 12.2 Å². The Morgan fingerprint density at radius 3 is 3.14 bits per heavy atom. The van der Waals surface area contributed by atoms with Crippen molar-refractivity contribution in [2.45, 2.75) is 13.0 Å². The Hall–Kier alpha value is -0.910. The van der Waals surface area contributed by atoms with E-state index in [4.69, 9.17) is 0 Å². The summed E-state index contributed by atoms with van der Waals surface area (Å²) in [6.07, 6.45) is 3.08. The standard InChI is InChI=1S/C8H15N3O2S/c1-7-5-9-8(6-11(12)13)10(7)3-4-14-2/h6-7,9H,3-5H2,1-2H3/b8-6+. The lowest BCUT2D eigenvalue weighted by Gasteiger charge is -2.21. The smallest absolute Gasteiger partial charge is 0.274 e. The van der Waals surface area contributed by atoms with E-state index < -0.39 is 4.92 Å². The Labute approximate surface area is 87.7 Å². The molecule has 6 heteroatoms. The molecular formula is C8H15N3O2S. The van der Waals surface area contributed by atoms with Crippen LogP contribution in [0.5, 0.6) is 0 Å². The van der Waals surface area contributed by atoms with Crippen LogP contribution in [0.25, 0.3) is 0 Å². The lowest BCUT2D eigenvalue weighted by atomic mass is 10.3. The third kappa shape index (κ3) is 2.80. The Morgan fingerprint density at radius 2 is 2.57 bits per heavy atom. The van der Waals surface area contributed by atoms with Gasteiger partial charge in [-0.2, -0.15) is 11.8 Å². The first-order chi connectivity index (χ1) is 6.65.